The van der Waals surface area contributed by atoms with E-state index in [-0.39, 0.29) is 11.9 Å². The van der Waals surface area contributed by atoms with Gasteiger partial charge in [0.15, 0.2) is 0 Å². The number of nitrogens with zero attached hydrogens (tertiary/aromatic N) is 1. The van der Waals surface area contributed by atoms with Gasteiger partial charge in [0.25, 0.3) is 0 Å². The molecule has 2 atom stereocenters. The maximum absolute atomic E-state index is 11.8. The Bertz CT molecular complexity index is 371. The molecule has 1 unspecified atom stereocenters. The van der Waals surface area contributed by atoms with Crippen LogP contribution < -0.4 is 10.6 Å². The molecule has 0 aliphatic carbocycles. The summed E-state index contributed by atoms with van der Waals surface area (Å²) in [5, 5.41) is 5.83. The smallest absolute Gasteiger partial charge is 0.237 e. The Labute approximate surface area is 99.2 Å². The topological polar surface area (TPSA) is 86.9 Å². The van der Waals surface area contributed by atoms with Crippen molar-refractivity contribution in [3.05, 3.63) is 18.2 Å². The first-order valence-electron chi connectivity index (χ1n) is 5.76. The summed E-state index contributed by atoms with van der Waals surface area (Å²) in [6, 6.07) is -0.649. The summed E-state index contributed by atoms with van der Waals surface area (Å²) in [5.41, 5.74) is 0.835. The zero-order chi connectivity index (χ0) is 12.1. The van der Waals surface area contributed by atoms with Crippen molar-refractivity contribution < 1.29 is 9.59 Å². The van der Waals surface area contributed by atoms with Crippen LogP contribution in [0, 0.1) is 0 Å². The van der Waals surface area contributed by atoms with Crippen LogP contribution in [0.5, 0.6) is 0 Å². The number of H-pyrrole nitrogens is 1. The highest BCUT2D eigenvalue weighted by Gasteiger charge is 2.24. The number of rotatable bonds is 5. The van der Waals surface area contributed by atoms with Crippen LogP contribution in [0.1, 0.15) is 18.5 Å². The number of hydrogen-bond acceptors (Lipinski definition) is 4. The summed E-state index contributed by atoms with van der Waals surface area (Å²) >= 11 is 0. The quantitative estimate of drug-likeness (QED) is 0.595. The number of carbonyl (C=O) groups excluding carboxylic acids is 2. The fraction of sp³-hybridized carbons (Fsp3) is 0.545. The summed E-state index contributed by atoms with van der Waals surface area (Å²) in [6.45, 7) is 0.865. The van der Waals surface area contributed by atoms with Crippen LogP contribution in [0.3, 0.4) is 0 Å². The van der Waals surface area contributed by atoms with E-state index in [0.29, 0.717) is 6.42 Å². The minimum absolute atomic E-state index is 0.0980. The number of aldehydes is 1. The molecule has 1 aromatic rings. The predicted octanol–water partition coefficient (Wildman–Crippen LogP) is -0.612. The van der Waals surface area contributed by atoms with Gasteiger partial charge < -0.3 is 20.4 Å². The van der Waals surface area contributed by atoms with Gasteiger partial charge in [0.05, 0.1) is 18.4 Å². The first-order chi connectivity index (χ1) is 8.29. The number of aromatic nitrogens is 2. The summed E-state index contributed by atoms with van der Waals surface area (Å²) in [6.07, 6.45) is 6.25. The van der Waals surface area contributed by atoms with E-state index >= 15 is 0 Å². The maximum Gasteiger partial charge on any atom is 0.237 e. The molecule has 0 bridgehead atoms. The van der Waals surface area contributed by atoms with E-state index in [1.165, 1.54) is 0 Å². The van der Waals surface area contributed by atoms with Gasteiger partial charge in [0.2, 0.25) is 5.91 Å². The van der Waals surface area contributed by atoms with E-state index in [4.69, 9.17) is 0 Å². The number of amides is 1. The highest BCUT2D eigenvalue weighted by molar-refractivity contribution is 5.84. The Hall–Kier alpha value is -1.69. The fourth-order valence-corrected chi connectivity index (χ4v) is 1.96. The zero-order valence-corrected chi connectivity index (χ0v) is 9.48. The minimum Gasteiger partial charge on any atom is -0.348 e. The third-order valence-electron chi connectivity index (χ3n) is 2.86. The summed E-state index contributed by atoms with van der Waals surface area (Å²) < 4.78 is 0. The molecular formula is C11H16N4O2. The molecule has 0 spiro atoms. The predicted molar refractivity (Wildman–Crippen MR) is 61.3 cm³/mol. The van der Waals surface area contributed by atoms with Crippen LogP contribution >= 0.6 is 0 Å². The Kier molecular flexibility index (Phi) is 3.87. The van der Waals surface area contributed by atoms with Crippen molar-refractivity contribution in [3.63, 3.8) is 0 Å². The van der Waals surface area contributed by atoms with Crippen molar-refractivity contribution in [3.8, 4) is 0 Å². The van der Waals surface area contributed by atoms with Crippen LogP contribution in [0.4, 0.5) is 0 Å². The second kappa shape index (κ2) is 5.58. The maximum atomic E-state index is 11.8. The van der Waals surface area contributed by atoms with Gasteiger partial charge in [0, 0.05) is 18.3 Å². The van der Waals surface area contributed by atoms with Crippen LogP contribution in [0.15, 0.2) is 12.5 Å². The highest BCUT2D eigenvalue weighted by atomic mass is 16.2. The molecule has 0 saturated carbocycles. The molecule has 1 aromatic heterocycles. The van der Waals surface area contributed by atoms with Crippen molar-refractivity contribution in [2.75, 3.05) is 6.54 Å². The van der Waals surface area contributed by atoms with E-state index in [1.54, 1.807) is 12.5 Å². The number of nitrogens with one attached hydrogen (secondary N) is 3. The molecule has 1 aliphatic heterocycles. The van der Waals surface area contributed by atoms with Gasteiger partial charge in [-0.3, -0.25) is 4.79 Å². The molecular weight excluding hydrogens is 220 g/mol. The molecule has 2 heterocycles. The van der Waals surface area contributed by atoms with Gasteiger partial charge in [-0.05, 0) is 19.4 Å². The molecule has 1 fully saturated rings. The summed E-state index contributed by atoms with van der Waals surface area (Å²) in [5.74, 6) is -0.0980. The number of carbonyl (C=O) groups is 2. The van der Waals surface area contributed by atoms with Crippen LogP contribution in [-0.2, 0) is 16.0 Å². The van der Waals surface area contributed by atoms with E-state index in [2.05, 4.69) is 20.6 Å². The first-order valence-corrected chi connectivity index (χ1v) is 5.76. The lowest BCUT2D eigenvalue weighted by Crippen LogP contribution is -2.46. The van der Waals surface area contributed by atoms with Gasteiger partial charge in [0.1, 0.15) is 6.29 Å². The van der Waals surface area contributed by atoms with Gasteiger partial charge in [-0.25, -0.2) is 4.98 Å². The van der Waals surface area contributed by atoms with Crippen LogP contribution in [0.2, 0.25) is 0 Å². The molecule has 1 aliphatic rings. The van der Waals surface area contributed by atoms with Crippen molar-refractivity contribution in [2.45, 2.75) is 31.3 Å². The molecule has 0 radical (unpaired) electrons. The normalized spacial score (nSPS) is 21.1. The molecule has 2 rings (SSSR count). The summed E-state index contributed by atoms with van der Waals surface area (Å²) in [4.78, 5) is 29.5. The van der Waals surface area contributed by atoms with Gasteiger partial charge in [-0.15, -0.1) is 0 Å². The van der Waals surface area contributed by atoms with E-state index in [0.717, 1.165) is 31.4 Å². The van der Waals surface area contributed by atoms with E-state index in [9.17, 15) is 9.59 Å². The molecule has 17 heavy (non-hydrogen) atoms. The number of aromatic amines is 1. The monoisotopic (exact) mass is 236 g/mol. The zero-order valence-electron chi connectivity index (χ0n) is 9.48. The van der Waals surface area contributed by atoms with Crippen molar-refractivity contribution in [2.24, 2.45) is 0 Å². The number of imidazole rings is 1. The third-order valence-corrected chi connectivity index (χ3v) is 2.86. The Morgan fingerprint density at radius 1 is 1.71 bits per heavy atom. The third kappa shape index (κ3) is 3.13. The molecule has 1 saturated heterocycles. The molecule has 0 aromatic carbocycles. The Morgan fingerprint density at radius 2 is 2.59 bits per heavy atom. The molecule has 6 heteroatoms. The largest absolute Gasteiger partial charge is 0.348 e. The average molecular weight is 236 g/mol. The van der Waals surface area contributed by atoms with Gasteiger partial charge in [-0.1, -0.05) is 0 Å². The fourth-order valence-electron chi connectivity index (χ4n) is 1.96. The second-order valence-electron chi connectivity index (χ2n) is 4.18. The Morgan fingerprint density at radius 3 is 3.18 bits per heavy atom. The first kappa shape index (κ1) is 11.8. The van der Waals surface area contributed by atoms with Crippen molar-refractivity contribution >= 4 is 12.2 Å². The highest BCUT2D eigenvalue weighted by Crippen LogP contribution is 2.05. The molecule has 3 N–H and O–H groups in total. The lowest BCUT2D eigenvalue weighted by Gasteiger charge is -2.15. The average Bonchev–Trinajstić information content (AvgIpc) is 3.00. The lowest BCUT2D eigenvalue weighted by atomic mass is 10.1. The van der Waals surface area contributed by atoms with E-state index in [1.807, 2.05) is 0 Å². The lowest BCUT2D eigenvalue weighted by molar-refractivity contribution is -0.125. The van der Waals surface area contributed by atoms with Gasteiger partial charge in [-0.2, -0.15) is 0 Å². The Balaban J connectivity index is 1.86. The molecule has 6 nitrogen and oxygen atoms in total. The summed E-state index contributed by atoms with van der Waals surface area (Å²) in [7, 11) is 0. The second-order valence-corrected chi connectivity index (χ2v) is 4.18. The van der Waals surface area contributed by atoms with Crippen molar-refractivity contribution in [1.82, 2.24) is 20.6 Å². The minimum atomic E-state index is -0.495. The van der Waals surface area contributed by atoms with Crippen molar-refractivity contribution in [1.29, 1.82) is 0 Å². The molecule has 92 valence electrons. The van der Waals surface area contributed by atoms with Crippen LogP contribution in [-0.4, -0.2) is 40.8 Å². The number of hydrogen-bond donors (Lipinski definition) is 3. The van der Waals surface area contributed by atoms with Gasteiger partial charge >= 0.3 is 0 Å². The standard InChI is InChI=1S/C11H16N4O2/c16-6-9(4-8-5-12-7-14-8)15-11(17)10-2-1-3-13-10/h5-7,9-10,13H,1-4H2,(H,12,14)(H,15,17)/t9?,10-/m1/s1. The van der Waals surface area contributed by atoms with Crippen LogP contribution in [0.25, 0.3) is 0 Å². The van der Waals surface area contributed by atoms with E-state index < -0.39 is 6.04 Å². The molecule has 1 amide bonds. The SMILES string of the molecule is O=CC(Cc1cnc[nH]1)NC(=O)[C@H]1CCCN1.